The van der Waals surface area contributed by atoms with Crippen LogP contribution in [0.15, 0.2) is 36.4 Å². The lowest BCUT2D eigenvalue weighted by Gasteiger charge is -2.42. The topological polar surface area (TPSA) is 79.0 Å². The van der Waals surface area contributed by atoms with Crippen molar-refractivity contribution in [1.29, 1.82) is 0 Å². The number of urea groups is 1. The summed E-state index contributed by atoms with van der Waals surface area (Å²) < 4.78 is 5.11. The zero-order chi connectivity index (χ0) is 23.4. The minimum Gasteiger partial charge on any atom is -0.383 e. The van der Waals surface area contributed by atoms with Crippen molar-refractivity contribution in [3.63, 3.8) is 0 Å². The summed E-state index contributed by atoms with van der Waals surface area (Å²) in [6, 6.07) is 7.05. The van der Waals surface area contributed by atoms with E-state index in [1.54, 1.807) is 13.2 Å². The Morgan fingerprint density at radius 3 is 2.61 bits per heavy atom. The second-order valence-corrected chi connectivity index (χ2v) is 9.61. The average Bonchev–Trinajstić information content (AvgIpc) is 3.09. The second-order valence-electron chi connectivity index (χ2n) is 9.20. The van der Waals surface area contributed by atoms with Crippen LogP contribution in [0, 0.1) is 11.8 Å². The van der Waals surface area contributed by atoms with Crippen molar-refractivity contribution < 1.29 is 19.1 Å². The van der Waals surface area contributed by atoms with E-state index >= 15 is 0 Å². The van der Waals surface area contributed by atoms with Crippen LogP contribution in [0.4, 0.5) is 4.79 Å². The number of nitrogens with zero attached hydrogens (tertiary/aromatic N) is 2. The van der Waals surface area contributed by atoms with E-state index < -0.39 is 11.6 Å². The van der Waals surface area contributed by atoms with Crippen molar-refractivity contribution >= 4 is 29.4 Å². The molecule has 33 heavy (non-hydrogen) atoms. The number of ether oxygens (including phenoxy) is 1. The molecule has 2 heterocycles. The van der Waals surface area contributed by atoms with Gasteiger partial charge in [-0.3, -0.25) is 14.5 Å². The quantitative estimate of drug-likeness (QED) is 0.486. The lowest BCUT2D eigenvalue weighted by molar-refractivity contribution is -0.139. The Bertz CT molecular complexity index is 928. The van der Waals surface area contributed by atoms with E-state index in [0.29, 0.717) is 37.4 Å². The van der Waals surface area contributed by atoms with Gasteiger partial charge in [-0.15, -0.1) is 0 Å². The maximum atomic E-state index is 13.7. The van der Waals surface area contributed by atoms with Crippen LogP contribution < -0.4 is 5.32 Å². The van der Waals surface area contributed by atoms with E-state index in [-0.39, 0.29) is 36.8 Å². The standard InChI is InChI=1S/C25H32ClN3O4/c1-33-16-15-29-23(31)25(27-24(29)32,17-19-9-5-6-10-21(19)26)20-11-13-28(14-12-20)22(30)18-7-3-2-4-8-18/h2-3,5-6,9-10,18,20H,4,7-8,11-17H2,1H3,(H,27,32)/t18-,25-/m0/s1. The Morgan fingerprint density at radius 2 is 1.94 bits per heavy atom. The molecule has 1 aliphatic carbocycles. The number of likely N-dealkylation sites (tertiary alicyclic amines) is 1. The molecule has 0 aromatic heterocycles. The zero-order valence-electron chi connectivity index (χ0n) is 19.1. The van der Waals surface area contributed by atoms with Gasteiger partial charge in [0.05, 0.1) is 13.2 Å². The Labute approximate surface area is 200 Å². The number of amides is 4. The summed E-state index contributed by atoms with van der Waals surface area (Å²) in [5, 5.41) is 3.62. The van der Waals surface area contributed by atoms with Crippen molar-refractivity contribution in [3.8, 4) is 0 Å². The molecule has 0 bridgehead atoms. The minimum atomic E-state index is -1.07. The van der Waals surface area contributed by atoms with Gasteiger partial charge in [-0.1, -0.05) is 42.0 Å². The molecular formula is C25H32ClN3O4. The summed E-state index contributed by atoms with van der Waals surface area (Å²) in [4.78, 5) is 42.7. The molecule has 0 radical (unpaired) electrons. The van der Waals surface area contributed by atoms with Crippen LogP contribution in [-0.2, 0) is 20.7 Å². The van der Waals surface area contributed by atoms with Gasteiger partial charge >= 0.3 is 6.03 Å². The number of methoxy groups -OCH3 is 1. The first-order chi connectivity index (χ1) is 16.0. The van der Waals surface area contributed by atoms with Crippen molar-refractivity contribution in [1.82, 2.24) is 15.1 Å². The van der Waals surface area contributed by atoms with Crippen LogP contribution in [0.5, 0.6) is 0 Å². The number of rotatable bonds is 7. The van der Waals surface area contributed by atoms with Gasteiger partial charge in [-0.25, -0.2) is 4.79 Å². The van der Waals surface area contributed by atoms with Gasteiger partial charge in [0.15, 0.2) is 0 Å². The highest BCUT2D eigenvalue weighted by Gasteiger charge is 2.56. The molecule has 2 atom stereocenters. The number of allylic oxidation sites excluding steroid dienone is 2. The fourth-order valence-electron chi connectivity index (χ4n) is 5.38. The number of hydrogen-bond donors (Lipinski definition) is 1. The molecule has 7 nitrogen and oxygen atoms in total. The van der Waals surface area contributed by atoms with E-state index in [9.17, 15) is 14.4 Å². The summed E-state index contributed by atoms with van der Waals surface area (Å²) in [6.07, 6.45) is 8.52. The molecule has 0 saturated carbocycles. The maximum absolute atomic E-state index is 13.7. The largest absolute Gasteiger partial charge is 0.383 e. The third-order valence-corrected chi connectivity index (χ3v) is 7.64. The number of carbonyl (C=O) groups is 3. The van der Waals surface area contributed by atoms with Crippen LogP contribution >= 0.6 is 11.6 Å². The SMILES string of the molecule is COCCN1C(=O)N[C@@](Cc2ccccc2Cl)(C2CCN(C(=O)[C@H]3CC=CCC3)CC2)C1=O. The molecule has 4 amide bonds. The fraction of sp³-hybridized carbons (Fsp3) is 0.560. The fourth-order valence-corrected chi connectivity index (χ4v) is 5.58. The van der Waals surface area contributed by atoms with Crippen molar-refractivity contribution in [2.75, 3.05) is 33.4 Å². The van der Waals surface area contributed by atoms with Crippen molar-refractivity contribution in [3.05, 3.63) is 47.0 Å². The number of hydrogen-bond acceptors (Lipinski definition) is 4. The van der Waals surface area contributed by atoms with Gasteiger partial charge in [0.25, 0.3) is 5.91 Å². The van der Waals surface area contributed by atoms with E-state index in [1.165, 1.54) is 4.90 Å². The summed E-state index contributed by atoms with van der Waals surface area (Å²) in [6.45, 7) is 1.67. The first-order valence-electron chi connectivity index (χ1n) is 11.8. The zero-order valence-corrected chi connectivity index (χ0v) is 19.9. The number of benzene rings is 1. The summed E-state index contributed by atoms with van der Waals surface area (Å²) in [5.74, 6) is -0.0535. The lowest BCUT2D eigenvalue weighted by Crippen LogP contribution is -2.58. The van der Waals surface area contributed by atoms with E-state index in [0.717, 1.165) is 24.8 Å². The molecule has 0 unspecified atom stereocenters. The van der Waals surface area contributed by atoms with E-state index in [4.69, 9.17) is 16.3 Å². The first-order valence-corrected chi connectivity index (χ1v) is 12.1. The van der Waals surface area contributed by atoms with Crippen molar-refractivity contribution in [2.45, 2.75) is 44.1 Å². The number of carbonyl (C=O) groups excluding carboxylic acids is 3. The number of imide groups is 1. The molecule has 2 saturated heterocycles. The number of halogens is 1. The van der Waals surface area contributed by atoms with Gasteiger partial charge in [-0.05, 0) is 49.7 Å². The molecular weight excluding hydrogens is 442 g/mol. The molecule has 1 N–H and O–H groups in total. The smallest absolute Gasteiger partial charge is 0.325 e. The highest BCUT2D eigenvalue weighted by molar-refractivity contribution is 6.31. The highest BCUT2D eigenvalue weighted by atomic mass is 35.5. The van der Waals surface area contributed by atoms with Gasteiger partial charge < -0.3 is 15.0 Å². The molecule has 1 aromatic rings. The molecule has 178 valence electrons. The Morgan fingerprint density at radius 1 is 1.18 bits per heavy atom. The van der Waals surface area contributed by atoms with Gasteiger partial charge in [0.2, 0.25) is 5.91 Å². The number of piperidine rings is 1. The first kappa shape index (κ1) is 23.8. The van der Waals surface area contributed by atoms with Crippen LogP contribution in [0.2, 0.25) is 5.02 Å². The monoisotopic (exact) mass is 473 g/mol. The Kier molecular flexibility index (Phi) is 7.39. The third kappa shape index (κ3) is 4.80. The minimum absolute atomic E-state index is 0.0565. The molecule has 8 heteroatoms. The van der Waals surface area contributed by atoms with Crippen LogP contribution in [-0.4, -0.2) is 66.5 Å². The maximum Gasteiger partial charge on any atom is 0.325 e. The predicted molar refractivity (Wildman–Crippen MR) is 126 cm³/mol. The number of nitrogens with one attached hydrogen (secondary N) is 1. The van der Waals surface area contributed by atoms with Crippen LogP contribution in [0.3, 0.4) is 0 Å². The summed E-state index contributed by atoms with van der Waals surface area (Å²) >= 11 is 6.44. The molecule has 0 spiro atoms. The lowest BCUT2D eigenvalue weighted by atomic mass is 9.73. The Hall–Kier alpha value is -2.38. The molecule has 1 aromatic carbocycles. The van der Waals surface area contributed by atoms with Crippen LogP contribution in [0.25, 0.3) is 0 Å². The normalized spacial score (nSPS) is 26.1. The molecule has 2 fully saturated rings. The van der Waals surface area contributed by atoms with Crippen molar-refractivity contribution in [2.24, 2.45) is 11.8 Å². The second kappa shape index (κ2) is 10.3. The predicted octanol–water partition coefficient (Wildman–Crippen LogP) is 3.41. The Balaban J connectivity index is 1.54. The molecule has 4 rings (SSSR count). The average molecular weight is 474 g/mol. The van der Waals surface area contributed by atoms with Gasteiger partial charge in [-0.2, -0.15) is 0 Å². The highest BCUT2D eigenvalue weighted by Crippen LogP contribution is 2.38. The molecule has 3 aliphatic rings. The van der Waals surface area contributed by atoms with E-state index in [2.05, 4.69) is 17.5 Å². The van der Waals surface area contributed by atoms with Gasteiger partial charge in [0.1, 0.15) is 5.54 Å². The summed E-state index contributed by atoms with van der Waals surface area (Å²) in [7, 11) is 1.55. The third-order valence-electron chi connectivity index (χ3n) is 7.27. The van der Waals surface area contributed by atoms with E-state index in [1.807, 2.05) is 23.1 Å². The summed E-state index contributed by atoms with van der Waals surface area (Å²) in [5.41, 5.74) is -0.243. The van der Waals surface area contributed by atoms with Gasteiger partial charge in [0, 0.05) is 37.6 Å². The van der Waals surface area contributed by atoms with Crippen LogP contribution in [0.1, 0.15) is 37.7 Å². The molecule has 2 aliphatic heterocycles.